The van der Waals surface area contributed by atoms with Crippen molar-refractivity contribution in [3.8, 4) is 5.69 Å². The summed E-state index contributed by atoms with van der Waals surface area (Å²) in [6.07, 6.45) is 5.16. The number of rotatable bonds is 5. The number of hydrogen-bond donors (Lipinski definition) is 1. The highest BCUT2D eigenvalue weighted by atomic mass is 35.5. The predicted octanol–water partition coefficient (Wildman–Crippen LogP) is 3.00. The minimum Gasteiger partial charge on any atom is -0.306 e. The minimum atomic E-state index is -3.59. The molecule has 0 amide bonds. The van der Waals surface area contributed by atoms with Gasteiger partial charge in [0.05, 0.1) is 16.9 Å². The van der Waals surface area contributed by atoms with Crippen molar-refractivity contribution in [2.45, 2.75) is 11.4 Å². The molecular formula is C16H14ClN3O2S. The Morgan fingerprint density at radius 2 is 1.83 bits per heavy atom. The monoisotopic (exact) mass is 347 g/mol. The molecule has 5 nitrogen and oxygen atoms in total. The van der Waals surface area contributed by atoms with E-state index in [9.17, 15) is 8.42 Å². The Bertz CT molecular complexity index is 891. The number of sulfonamides is 1. The lowest BCUT2D eigenvalue weighted by Crippen LogP contribution is -2.23. The Morgan fingerprint density at radius 3 is 2.52 bits per heavy atom. The topological polar surface area (TPSA) is 64.0 Å². The molecule has 1 N–H and O–H groups in total. The molecule has 0 atom stereocenters. The van der Waals surface area contributed by atoms with Crippen LogP contribution in [0, 0.1) is 0 Å². The van der Waals surface area contributed by atoms with Crippen LogP contribution < -0.4 is 4.72 Å². The Hall–Kier alpha value is -2.15. The Kier molecular flexibility index (Phi) is 4.47. The molecule has 2 aromatic carbocycles. The first kappa shape index (κ1) is 15.7. The molecule has 0 fully saturated rings. The first-order valence-electron chi connectivity index (χ1n) is 6.88. The first-order chi connectivity index (χ1) is 11.1. The third kappa shape index (κ3) is 3.61. The molecule has 0 saturated heterocycles. The van der Waals surface area contributed by atoms with Crippen molar-refractivity contribution in [1.29, 1.82) is 0 Å². The van der Waals surface area contributed by atoms with E-state index < -0.39 is 10.0 Å². The van der Waals surface area contributed by atoms with Crippen LogP contribution in [-0.2, 0) is 16.6 Å². The van der Waals surface area contributed by atoms with E-state index >= 15 is 0 Å². The molecule has 23 heavy (non-hydrogen) atoms. The van der Waals surface area contributed by atoms with Gasteiger partial charge in [-0.1, -0.05) is 29.8 Å². The number of imidazole rings is 1. The molecule has 0 aliphatic carbocycles. The van der Waals surface area contributed by atoms with Crippen LogP contribution in [0.15, 0.2) is 72.1 Å². The van der Waals surface area contributed by atoms with E-state index in [0.29, 0.717) is 5.02 Å². The second-order valence-corrected chi connectivity index (χ2v) is 7.08. The summed E-state index contributed by atoms with van der Waals surface area (Å²) in [5.41, 5.74) is 1.73. The Labute approximate surface area is 139 Å². The Balaban J connectivity index is 1.82. The summed E-state index contributed by atoms with van der Waals surface area (Å²) in [5.74, 6) is 0. The second-order valence-electron chi connectivity index (χ2n) is 4.88. The molecule has 3 rings (SSSR count). The average Bonchev–Trinajstić information content (AvgIpc) is 3.08. The molecule has 0 aliphatic heterocycles. The van der Waals surface area contributed by atoms with Crippen molar-refractivity contribution in [2.24, 2.45) is 0 Å². The van der Waals surface area contributed by atoms with Gasteiger partial charge in [0.1, 0.15) is 0 Å². The van der Waals surface area contributed by atoms with Crippen LogP contribution >= 0.6 is 11.6 Å². The lowest BCUT2D eigenvalue weighted by Gasteiger charge is -2.11. The zero-order valence-electron chi connectivity index (χ0n) is 12.1. The van der Waals surface area contributed by atoms with Gasteiger partial charge in [-0.2, -0.15) is 0 Å². The van der Waals surface area contributed by atoms with Gasteiger partial charge >= 0.3 is 0 Å². The quantitative estimate of drug-likeness (QED) is 0.771. The van der Waals surface area contributed by atoms with Crippen LogP contribution in [0.25, 0.3) is 5.69 Å². The van der Waals surface area contributed by atoms with Gasteiger partial charge in [-0.25, -0.2) is 18.1 Å². The van der Waals surface area contributed by atoms with E-state index in [1.165, 1.54) is 12.1 Å². The van der Waals surface area contributed by atoms with E-state index in [0.717, 1.165) is 11.3 Å². The average molecular weight is 348 g/mol. The summed E-state index contributed by atoms with van der Waals surface area (Å²) >= 11 is 5.79. The lowest BCUT2D eigenvalue weighted by atomic mass is 10.2. The largest absolute Gasteiger partial charge is 0.306 e. The van der Waals surface area contributed by atoms with Crippen LogP contribution in [0.3, 0.4) is 0 Å². The highest BCUT2D eigenvalue weighted by molar-refractivity contribution is 7.89. The summed E-state index contributed by atoms with van der Waals surface area (Å²) in [6, 6.07) is 13.6. The van der Waals surface area contributed by atoms with E-state index in [1.807, 2.05) is 35.0 Å². The Morgan fingerprint density at radius 1 is 1.09 bits per heavy atom. The normalized spacial score (nSPS) is 11.5. The second kappa shape index (κ2) is 6.54. The first-order valence-corrected chi connectivity index (χ1v) is 8.74. The molecule has 0 radical (unpaired) electrons. The van der Waals surface area contributed by atoms with E-state index in [2.05, 4.69) is 9.71 Å². The number of benzene rings is 2. The van der Waals surface area contributed by atoms with Crippen LogP contribution in [0.5, 0.6) is 0 Å². The summed E-state index contributed by atoms with van der Waals surface area (Å²) < 4.78 is 29.1. The van der Waals surface area contributed by atoms with E-state index in [1.54, 1.807) is 24.7 Å². The van der Waals surface area contributed by atoms with Crippen molar-refractivity contribution >= 4 is 21.6 Å². The van der Waals surface area contributed by atoms with Crippen LogP contribution in [-0.4, -0.2) is 18.0 Å². The number of hydrogen-bond acceptors (Lipinski definition) is 3. The summed E-state index contributed by atoms with van der Waals surface area (Å²) in [5, 5.41) is 0.495. The SMILES string of the molecule is O=S(=O)(NCc1ccccc1-n1ccnc1)c1ccc(Cl)cc1. The fourth-order valence-corrected chi connectivity index (χ4v) is 3.32. The molecule has 0 saturated carbocycles. The molecule has 7 heteroatoms. The van der Waals surface area contributed by atoms with Crippen molar-refractivity contribution in [1.82, 2.24) is 14.3 Å². The van der Waals surface area contributed by atoms with Crippen LogP contribution in [0.1, 0.15) is 5.56 Å². The lowest BCUT2D eigenvalue weighted by molar-refractivity contribution is 0.581. The van der Waals surface area contributed by atoms with E-state index in [-0.39, 0.29) is 11.4 Å². The number of para-hydroxylation sites is 1. The van der Waals surface area contributed by atoms with Crippen molar-refractivity contribution in [2.75, 3.05) is 0 Å². The standard InChI is InChI=1S/C16H14ClN3O2S/c17-14-5-7-15(8-6-14)23(21,22)19-11-13-3-1-2-4-16(13)20-10-9-18-12-20/h1-10,12,19H,11H2. The molecule has 0 bridgehead atoms. The zero-order valence-corrected chi connectivity index (χ0v) is 13.6. The van der Waals surface area contributed by atoms with Gasteiger partial charge in [0, 0.05) is 24.0 Å². The fourth-order valence-electron chi connectivity index (χ4n) is 2.18. The van der Waals surface area contributed by atoms with E-state index in [4.69, 9.17) is 11.6 Å². The number of nitrogens with one attached hydrogen (secondary N) is 1. The van der Waals surface area contributed by atoms with Gasteiger partial charge in [0.15, 0.2) is 0 Å². The van der Waals surface area contributed by atoms with Crippen molar-refractivity contribution in [3.05, 3.63) is 77.8 Å². The maximum absolute atomic E-state index is 12.3. The molecule has 0 aliphatic rings. The number of nitrogens with zero attached hydrogens (tertiary/aromatic N) is 2. The van der Waals surface area contributed by atoms with Gasteiger partial charge < -0.3 is 4.57 Å². The molecule has 1 aromatic heterocycles. The molecule has 1 heterocycles. The third-order valence-electron chi connectivity index (χ3n) is 3.35. The highest BCUT2D eigenvalue weighted by Gasteiger charge is 2.14. The van der Waals surface area contributed by atoms with Gasteiger partial charge in [-0.3, -0.25) is 0 Å². The maximum atomic E-state index is 12.3. The molecule has 3 aromatic rings. The highest BCUT2D eigenvalue weighted by Crippen LogP contribution is 2.17. The molecule has 0 spiro atoms. The third-order valence-corrected chi connectivity index (χ3v) is 5.02. The summed E-state index contributed by atoms with van der Waals surface area (Å²) in [6.45, 7) is 0.180. The van der Waals surface area contributed by atoms with Gasteiger partial charge in [0.2, 0.25) is 10.0 Å². The summed E-state index contributed by atoms with van der Waals surface area (Å²) in [7, 11) is -3.59. The van der Waals surface area contributed by atoms with Gasteiger partial charge in [-0.15, -0.1) is 0 Å². The minimum absolute atomic E-state index is 0.180. The summed E-state index contributed by atoms with van der Waals surface area (Å²) in [4.78, 5) is 4.20. The van der Waals surface area contributed by atoms with Gasteiger partial charge in [-0.05, 0) is 35.9 Å². The molecule has 0 unspecified atom stereocenters. The van der Waals surface area contributed by atoms with Crippen molar-refractivity contribution in [3.63, 3.8) is 0 Å². The number of aromatic nitrogens is 2. The van der Waals surface area contributed by atoms with Crippen LogP contribution in [0.4, 0.5) is 0 Å². The maximum Gasteiger partial charge on any atom is 0.240 e. The zero-order chi connectivity index (χ0) is 16.3. The smallest absolute Gasteiger partial charge is 0.240 e. The number of halogens is 1. The molecule has 118 valence electrons. The predicted molar refractivity (Wildman–Crippen MR) is 89.0 cm³/mol. The fraction of sp³-hybridized carbons (Fsp3) is 0.0625. The van der Waals surface area contributed by atoms with Gasteiger partial charge in [0.25, 0.3) is 0 Å². The molecular weight excluding hydrogens is 334 g/mol. The van der Waals surface area contributed by atoms with Crippen LogP contribution in [0.2, 0.25) is 5.02 Å². The van der Waals surface area contributed by atoms with Crippen molar-refractivity contribution < 1.29 is 8.42 Å².